The monoisotopic (exact) mass is 677 g/mol. The van der Waals surface area contributed by atoms with E-state index < -0.39 is 0 Å². The Morgan fingerprint density at radius 1 is 0.423 bits per heavy atom. The van der Waals surface area contributed by atoms with Gasteiger partial charge < -0.3 is 0 Å². The summed E-state index contributed by atoms with van der Waals surface area (Å²) in [6.45, 7) is 0. The average molecular weight is 678 g/mol. The third kappa shape index (κ3) is 3.79. The van der Waals surface area contributed by atoms with Crippen LogP contribution in [0.5, 0.6) is 0 Å². The van der Waals surface area contributed by atoms with E-state index in [2.05, 4.69) is 162 Å². The third-order valence-electron chi connectivity index (χ3n) is 10.9. The van der Waals surface area contributed by atoms with Crippen molar-refractivity contribution in [1.82, 2.24) is 14.5 Å². The predicted molar refractivity (Wildman–Crippen MR) is 222 cm³/mol. The van der Waals surface area contributed by atoms with Crippen molar-refractivity contribution in [1.29, 1.82) is 0 Å². The molecular formula is C48H27N3S. The highest BCUT2D eigenvalue weighted by atomic mass is 32.1. The summed E-state index contributed by atoms with van der Waals surface area (Å²) in [7, 11) is 0. The van der Waals surface area contributed by atoms with E-state index in [1.165, 1.54) is 79.6 Å². The Morgan fingerprint density at radius 2 is 1.00 bits per heavy atom. The molecule has 0 spiro atoms. The molecule has 0 atom stereocenters. The second-order valence-corrected chi connectivity index (χ2v) is 14.7. The number of aromatic nitrogens is 3. The molecule has 0 amide bonds. The van der Waals surface area contributed by atoms with Gasteiger partial charge in [-0.2, -0.15) is 0 Å². The van der Waals surface area contributed by atoms with Crippen LogP contribution in [0.15, 0.2) is 164 Å². The van der Waals surface area contributed by atoms with Crippen molar-refractivity contribution in [2.24, 2.45) is 0 Å². The number of para-hydroxylation sites is 3. The van der Waals surface area contributed by atoms with Crippen LogP contribution < -0.4 is 0 Å². The number of hydrogen-bond acceptors (Lipinski definition) is 3. The molecule has 0 radical (unpaired) electrons. The molecule has 3 aromatic heterocycles. The van der Waals surface area contributed by atoms with Gasteiger partial charge in [-0.15, -0.1) is 11.3 Å². The van der Waals surface area contributed by atoms with Crippen LogP contribution in [-0.2, 0) is 0 Å². The summed E-state index contributed by atoms with van der Waals surface area (Å²) in [6.07, 6.45) is 0. The summed E-state index contributed by atoms with van der Waals surface area (Å²) in [6, 6.07) is 59.2. The van der Waals surface area contributed by atoms with E-state index in [0.717, 1.165) is 33.6 Å². The molecule has 9 aromatic carbocycles. The highest BCUT2D eigenvalue weighted by Crippen LogP contribution is 2.50. The molecule has 0 saturated carbocycles. The van der Waals surface area contributed by atoms with Crippen LogP contribution >= 0.6 is 11.3 Å². The van der Waals surface area contributed by atoms with E-state index in [9.17, 15) is 0 Å². The molecule has 240 valence electrons. The lowest BCUT2D eigenvalue weighted by Gasteiger charge is -2.15. The molecule has 0 unspecified atom stereocenters. The molecule has 3 nitrogen and oxygen atoms in total. The van der Waals surface area contributed by atoms with Crippen molar-refractivity contribution in [2.45, 2.75) is 0 Å². The zero-order chi connectivity index (χ0) is 33.9. The van der Waals surface area contributed by atoms with Gasteiger partial charge in [0.15, 0.2) is 5.82 Å². The third-order valence-corrected chi connectivity index (χ3v) is 12.1. The first-order valence-electron chi connectivity index (χ1n) is 17.7. The number of thiophene rings is 1. The van der Waals surface area contributed by atoms with E-state index in [1.807, 2.05) is 17.4 Å². The molecule has 0 bridgehead atoms. The summed E-state index contributed by atoms with van der Waals surface area (Å²) < 4.78 is 4.97. The molecule has 3 heterocycles. The van der Waals surface area contributed by atoms with Crippen LogP contribution in [0.1, 0.15) is 0 Å². The number of rotatable bonds is 2. The Labute approximate surface area is 301 Å². The van der Waals surface area contributed by atoms with Gasteiger partial charge in [0, 0.05) is 31.8 Å². The van der Waals surface area contributed by atoms with Gasteiger partial charge in [0.05, 0.1) is 26.8 Å². The van der Waals surface area contributed by atoms with Crippen LogP contribution in [0.3, 0.4) is 0 Å². The Balaban J connectivity index is 1.30. The quantitative estimate of drug-likeness (QED) is 0.171. The smallest absolute Gasteiger partial charge is 0.165 e. The summed E-state index contributed by atoms with van der Waals surface area (Å²) in [5.74, 6) is 0.836. The molecule has 0 aliphatic carbocycles. The van der Waals surface area contributed by atoms with Crippen molar-refractivity contribution < 1.29 is 0 Å². The van der Waals surface area contributed by atoms with Gasteiger partial charge in [-0.1, -0.05) is 133 Å². The topological polar surface area (TPSA) is 30.7 Å². The lowest BCUT2D eigenvalue weighted by atomic mass is 9.96. The Bertz CT molecular complexity index is 3480. The molecule has 0 N–H and O–H groups in total. The van der Waals surface area contributed by atoms with Crippen molar-refractivity contribution in [3.8, 4) is 17.1 Å². The minimum absolute atomic E-state index is 0.836. The first-order chi connectivity index (χ1) is 25.8. The molecule has 12 rings (SSSR count). The fraction of sp³-hybridized carbons (Fsp3) is 0. The second kappa shape index (κ2) is 10.5. The standard InChI is InChI=1S/C48H27N3S/c1-3-13-32-28(11-1)21-22-30-23-24-31(27-37(30)32)45-48(50-39-19-9-8-18-38(39)49-45)51-40-20-10-7-17-36(40)42-34-15-5-6-16-35(34)44-43-33-14-4-2-12-29(33)25-26-41(43)52-47(44)46(42)51/h1-27H. The molecule has 0 fully saturated rings. The van der Waals surface area contributed by atoms with Crippen molar-refractivity contribution in [3.05, 3.63) is 164 Å². The summed E-state index contributed by atoms with van der Waals surface area (Å²) >= 11 is 1.88. The van der Waals surface area contributed by atoms with Crippen LogP contribution in [0.25, 0.3) is 113 Å². The van der Waals surface area contributed by atoms with E-state index >= 15 is 0 Å². The number of fused-ring (bicyclic) bond motifs is 16. The van der Waals surface area contributed by atoms with Crippen molar-refractivity contribution in [2.75, 3.05) is 0 Å². The van der Waals surface area contributed by atoms with Gasteiger partial charge in [-0.05, 0) is 73.4 Å². The maximum absolute atomic E-state index is 5.53. The Morgan fingerprint density at radius 3 is 1.81 bits per heavy atom. The first kappa shape index (κ1) is 28.1. The first-order valence-corrected chi connectivity index (χ1v) is 18.5. The van der Waals surface area contributed by atoms with E-state index in [4.69, 9.17) is 9.97 Å². The van der Waals surface area contributed by atoms with Crippen LogP contribution in [-0.4, -0.2) is 14.5 Å². The molecule has 12 aromatic rings. The highest BCUT2D eigenvalue weighted by Gasteiger charge is 2.25. The van der Waals surface area contributed by atoms with Gasteiger partial charge in [-0.25, -0.2) is 9.97 Å². The summed E-state index contributed by atoms with van der Waals surface area (Å²) in [5, 5.41) is 15.0. The number of nitrogens with zero attached hydrogens (tertiary/aromatic N) is 3. The van der Waals surface area contributed by atoms with E-state index in [1.54, 1.807) is 0 Å². The zero-order valence-corrected chi connectivity index (χ0v) is 28.7. The average Bonchev–Trinajstić information content (AvgIpc) is 3.77. The minimum Gasteiger partial charge on any atom is -0.290 e. The van der Waals surface area contributed by atoms with Crippen molar-refractivity contribution in [3.63, 3.8) is 0 Å². The number of hydrogen-bond donors (Lipinski definition) is 0. The fourth-order valence-corrected chi connectivity index (χ4v) is 9.92. The molecule has 4 heteroatoms. The van der Waals surface area contributed by atoms with E-state index in [-0.39, 0.29) is 0 Å². The summed E-state index contributed by atoms with van der Waals surface area (Å²) in [4.78, 5) is 11.0. The fourth-order valence-electron chi connectivity index (χ4n) is 8.65. The molecule has 0 aliphatic heterocycles. The van der Waals surface area contributed by atoms with Gasteiger partial charge in [-0.3, -0.25) is 4.57 Å². The minimum atomic E-state index is 0.836. The number of benzene rings is 9. The van der Waals surface area contributed by atoms with Crippen molar-refractivity contribution >= 4 is 107 Å². The second-order valence-electron chi connectivity index (χ2n) is 13.7. The zero-order valence-electron chi connectivity index (χ0n) is 27.8. The van der Waals surface area contributed by atoms with Gasteiger partial charge >= 0.3 is 0 Å². The lowest BCUT2D eigenvalue weighted by molar-refractivity contribution is 1.08. The largest absolute Gasteiger partial charge is 0.290 e. The molecule has 52 heavy (non-hydrogen) atoms. The highest BCUT2D eigenvalue weighted by molar-refractivity contribution is 7.27. The molecule has 0 saturated heterocycles. The van der Waals surface area contributed by atoms with Crippen LogP contribution in [0, 0.1) is 0 Å². The Hall–Kier alpha value is -6.62. The summed E-state index contributed by atoms with van der Waals surface area (Å²) in [5.41, 5.74) is 5.96. The van der Waals surface area contributed by atoms with Crippen LogP contribution in [0.2, 0.25) is 0 Å². The van der Waals surface area contributed by atoms with Gasteiger partial charge in [0.25, 0.3) is 0 Å². The SMILES string of the molecule is c1ccc2c(c1)ccc1ccc(-c3nc4ccccc4nc3-n3c4ccccc4c4c5ccccc5c5c(sc6ccc7ccccc7c65)c43)cc12. The predicted octanol–water partition coefficient (Wildman–Crippen LogP) is 13.4. The maximum Gasteiger partial charge on any atom is 0.165 e. The van der Waals surface area contributed by atoms with E-state index in [0.29, 0.717) is 0 Å². The lowest BCUT2D eigenvalue weighted by Crippen LogP contribution is -2.04. The normalized spacial score (nSPS) is 12.2. The molecule has 0 aliphatic rings. The maximum atomic E-state index is 5.53. The van der Waals surface area contributed by atoms with Crippen LogP contribution in [0.4, 0.5) is 0 Å². The van der Waals surface area contributed by atoms with Gasteiger partial charge in [0.1, 0.15) is 5.69 Å². The Kier molecular flexibility index (Phi) is 5.65. The van der Waals surface area contributed by atoms with Gasteiger partial charge in [0.2, 0.25) is 0 Å². The molecular weight excluding hydrogens is 651 g/mol.